The third-order valence-corrected chi connectivity index (χ3v) is 4.39. The molecule has 1 fully saturated rings. The Kier molecular flexibility index (Phi) is 4.18. The number of nitrogens with one attached hydrogen (secondary N) is 1. The standard InChI is InChI=1S/C15H11ClN4OS/c16-12-5-1-9(2-6-12)7-11(8-17)13(21)18-15-20-19-14(22-15)10-3-4-10/h1-2,5-7,10H,3-4H2,(H,18,20,21)/b11-7+. The lowest BCUT2D eigenvalue weighted by Crippen LogP contribution is -2.13. The molecule has 0 saturated heterocycles. The summed E-state index contributed by atoms with van der Waals surface area (Å²) in [7, 11) is 0. The number of carbonyl (C=O) groups excluding carboxylic acids is 1. The summed E-state index contributed by atoms with van der Waals surface area (Å²) >= 11 is 7.17. The lowest BCUT2D eigenvalue weighted by molar-refractivity contribution is -0.112. The maximum Gasteiger partial charge on any atom is 0.268 e. The second kappa shape index (κ2) is 6.26. The van der Waals surface area contributed by atoms with Crippen LogP contribution in [0.2, 0.25) is 5.02 Å². The first-order valence-electron chi connectivity index (χ1n) is 6.68. The molecular formula is C15H11ClN4OS. The van der Waals surface area contributed by atoms with Crippen molar-refractivity contribution in [3.05, 3.63) is 45.4 Å². The third kappa shape index (κ3) is 3.50. The van der Waals surface area contributed by atoms with E-state index in [0.29, 0.717) is 16.1 Å². The van der Waals surface area contributed by atoms with Gasteiger partial charge >= 0.3 is 0 Å². The number of aromatic nitrogens is 2. The fourth-order valence-electron chi connectivity index (χ4n) is 1.82. The molecule has 1 aliphatic carbocycles. The number of nitriles is 1. The molecule has 3 rings (SSSR count). The molecule has 1 heterocycles. The molecule has 2 aromatic rings. The van der Waals surface area contributed by atoms with Crippen LogP contribution in [-0.4, -0.2) is 16.1 Å². The molecule has 110 valence electrons. The summed E-state index contributed by atoms with van der Waals surface area (Å²) in [6.45, 7) is 0. The van der Waals surface area contributed by atoms with E-state index in [1.54, 1.807) is 24.3 Å². The lowest BCUT2D eigenvalue weighted by Gasteiger charge is -2.00. The Bertz CT molecular complexity index is 772. The molecule has 0 aliphatic heterocycles. The highest BCUT2D eigenvalue weighted by molar-refractivity contribution is 7.15. The number of anilines is 1. The van der Waals surface area contributed by atoms with E-state index in [0.717, 1.165) is 23.4 Å². The molecule has 1 aromatic heterocycles. The predicted octanol–water partition coefficient (Wildman–Crippen LogP) is 3.61. The maximum absolute atomic E-state index is 12.1. The van der Waals surface area contributed by atoms with Crippen molar-refractivity contribution in [2.45, 2.75) is 18.8 Å². The molecule has 0 unspecified atom stereocenters. The van der Waals surface area contributed by atoms with E-state index in [4.69, 9.17) is 16.9 Å². The highest BCUT2D eigenvalue weighted by Crippen LogP contribution is 2.42. The molecular weight excluding hydrogens is 320 g/mol. The van der Waals surface area contributed by atoms with Crippen molar-refractivity contribution < 1.29 is 4.79 Å². The molecule has 1 amide bonds. The first-order valence-corrected chi connectivity index (χ1v) is 7.87. The largest absolute Gasteiger partial charge is 0.296 e. The molecule has 5 nitrogen and oxygen atoms in total. The molecule has 0 bridgehead atoms. The minimum absolute atomic E-state index is 0.00509. The number of nitrogens with zero attached hydrogens (tertiary/aromatic N) is 3. The van der Waals surface area contributed by atoms with Gasteiger partial charge in [0.25, 0.3) is 5.91 Å². The number of hydrogen-bond donors (Lipinski definition) is 1. The summed E-state index contributed by atoms with van der Waals surface area (Å²) in [4.78, 5) is 12.1. The van der Waals surface area contributed by atoms with Crippen LogP contribution >= 0.6 is 22.9 Å². The van der Waals surface area contributed by atoms with Crippen LogP contribution in [0, 0.1) is 11.3 Å². The Morgan fingerprint density at radius 3 is 2.73 bits per heavy atom. The van der Waals surface area contributed by atoms with Gasteiger partial charge in [-0.3, -0.25) is 10.1 Å². The Morgan fingerprint density at radius 2 is 2.09 bits per heavy atom. The summed E-state index contributed by atoms with van der Waals surface area (Å²) in [6, 6.07) is 8.78. The van der Waals surface area contributed by atoms with Crippen molar-refractivity contribution in [3.8, 4) is 6.07 Å². The molecule has 1 aliphatic rings. The molecule has 7 heteroatoms. The van der Waals surface area contributed by atoms with Crippen LogP contribution in [0.3, 0.4) is 0 Å². The van der Waals surface area contributed by atoms with Crippen molar-refractivity contribution in [2.24, 2.45) is 0 Å². The van der Waals surface area contributed by atoms with Gasteiger partial charge in [-0.05, 0) is 36.6 Å². The molecule has 0 spiro atoms. The minimum atomic E-state index is -0.490. The fraction of sp³-hybridized carbons (Fsp3) is 0.200. The van der Waals surface area contributed by atoms with Crippen LogP contribution in [0.4, 0.5) is 5.13 Å². The van der Waals surface area contributed by atoms with Gasteiger partial charge in [-0.25, -0.2) is 0 Å². The van der Waals surface area contributed by atoms with Crippen LogP contribution in [0.15, 0.2) is 29.8 Å². The monoisotopic (exact) mass is 330 g/mol. The Morgan fingerprint density at radius 1 is 1.36 bits per heavy atom. The van der Waals surface area contributed by atoms with E-state index >= 15 is 0 Å². The van der Waals surface area contributed by atoms with Gasteiger partial charge in [-0.15, -0.1) is 10.2 Å². The van der Waals surface area contributed by atoms with E-state index in [9.17, 15) is 4.79 Å². The van der Waals surface area contributed by atoms with E-state index in [1.807, 2.05) is 6.07 Å². The Labute approximate surface area is 136 Å². The summed E-state index contributed by atoms with van der Waals surface area (Å²) < 4.78 is 0. The highest BCUT2D eigenvalue weighted by atomic mass is 35.5. The van der Waals surface area contributed by atoms with Crippen LogP contribution in [0.1, 0.15) is 29.3 Å². The topological polar surface area (TPSA) is 78.7 Å². The fourth-order valence-corrected chi connectivity index (χ4v) is 2.85. The van der Waals surface area contributed by atoms with Gasteiger partial charge in [-0.1, -0.05) is 35.1 Å². The smallest absolute Gasteiger partial charge is 0.268 e. The van der Waals surface area contributed by atoms with E-state index in [-0.39, 0.29) is 5.57 Å². The van der Waals surface area contributed by atoms with Gasteiger partial charge in [0.2, 0.25) is 5.13 Å². The Hall–Kier alpha value is -2.23. The second-order valence-corrected chi connectivity index (χ2v) is 6.34. The average molecular weight is 331 g/mol. The average Bonchev–Trinajstić information content (AvgIpc) is 3.27. The van der Waals surface area contributed by atoms with Crippen molar-refractivity contribution >= 4 is 40.1 Å². The SMILES string of the molecule is N#C/C(=C\c1ccc(Cl)cc1)C(=O)Nc1nnc(C2CC2)s1. The van der Waals surface area contributed by atoms with Crippen LogP contribution < -0.4 is 5.32 Å². The number of hydrogen-bond acceptors (Lipinski definition) is 5. The Balaban J connectivity index is 1.73. The zero-order valence-corrected chi connectivity index (χ0v) is 13.0. The summed E-state index contributed by atoms with van der Waals surface area (Å²) in [6.07, 6.45) is 3.76. The van der Waals surface area contributed by atoms with Gasteiger partial charge < -0.3 is 0 Å². The van der Waals surface area contributed by atoms with Crippen LogP contribution in [0.25, 0.3) is 6.08 Å². The number of rotatable bonds is 4. The number of carbonyl (C=O) groups is 1. The summed E-state index contributed by atoms with van der Waals surface area (Å²) in [5.41, 5.74) is 0.734. The summed E-state index contributed by atoms with van der Waals surface area (Å²) in [5.74, 6) is -0.000791. The number of halogens is 1. The lowest BCUT2D eigenvalue weighted by atomic mass is 10.1. The van der Waals surface area contributed by atoms with Crippen molar-refractivity contribution in [1.29, 1.82) is 5.26 Å². The van der Waals surface area contributed by atoms with Crippen molar-refractivity contribution in [2.75, 3.05) is 5.32 Å². The molecule has 1 saturated carbocycles. The van der Waals surface area contributed by atoms with Crippen LogP contribution in [-0.2, 0) is 4.79 Å². The normalized spacial score (nSPS) is 14.5. The van der Waals surface area contributed by atoms with Gasteiger partial charge in [-0.2, -0.15) is 5.26 Å². The quantitative estimate of drug-likeness (QED) is 0.686. The molecule has 1 aromatic carbocycles. The number of benzene rings is 1. The third-order valence-electron chi connectivity index (χ3n) is 3.13. The molecule has 0 radical (unpaired) electrons. The first kappa shape index (κ1) is 14.7. The van der Waals surface area contributed by atoms with E-state index in [1.165, 1.54) is 17.4 Å². The van der Waals surface area contributed by atoms with Crippen molar-refractivity contribution in [1.82, 2.24) is 10.2 Å². The van der Waals surface area contributed by atoms with Gasteiger partial charge in [0.15, 0.2) is 0 Å². The zero-order valence-electron chi connectivity index (χ0n) is 11.4. The van der Waals surface area contributed by atoms with Gasteiger partial charge in [0.05, 0.1) is 0 Å². The molecule has 1 N–H and O–H groups in total. The minimum Gasteiger partial charge on any atom is -0.296 e. The van der Waals surface area contributed by atoms with Gasteiger partial charge in [0, 0.05) is 10.9 Å². The second-order valence-electron chi connectivity index (χ2n) is 4.90. The molecule has 22 heavy (non-hydrogen) atoms. The van der Waals surface area contributed by atoms with Crippen LogP contribution in [0.5, 0.6) is 0 Å². The van der Waals surface area contributed by atoms with E-state index < -0.39 is 5.91 Å². The zero-order chi connectivity index (χ0) is 15.5. The molecule has 0 atom stereocenters. The predicted molar refractivity (Wildman–Crippen MR) is 85.6 cm³/mol. The first-order chi connectivity index (χ1) is 10.7. The maximum atomic E-state index is 12.1. The highest BCUT2D eigenvalue weighted by Gasteiger charge is 2.27. The van der Waals surface area contributed by atoms with Gasteiger partial charge in [0.1, 0.15) is 16.6 Å². The van der Waals surface area contributed by atoms with Crippen molar-refractivity contribution in [3.63, 3.8) is 0 Å². The van der Waals surface area contributed by atoms with E-state index in [2.05, 4.69) is 15.5 Å². The number of amides is 1. The summed E-state index contributed by atoms with van der Waals surface area (Å²) in [5, 5.41) is 21.7.